The molecule has 1 aromatic rings. The molecule has 1 amide bonds. The van der Waals surface area contributed by atoms with E-state index in [-0.39, 0.29) is 23.2 Å². The number of aryl methyl sites for hydroxylation is 1. The molecular formula is C14H22N4O3. The zero-order valence-corrected chi connectivity index (χ0v) is 12.9. The van der Waals surface area contributed by atoms with E-state index in [1.807, 2.05) is 13.8 Å². The van der Waals surface area contributed by atoms with Crippen LogP contribution in [0.2, 0.25) is 0 Å². The van der Waals surface area contributed by atoms with E-state index in [2.05, 4.69) is 4.98 Å². The number of pyridine rings is 1. The molecule has 0 aliphatic heterocycles. The number of amides is 1. The van der Waals surface area contributed by atoms with Gasteiger partial charge in [0.2, 0.25) is 0 Å². The van der Waals surface area contributed by atoms with E-state index >= 15 is 0 Å². The molecule has 0 saturated heterocycles. The molecule has 7 heteroatoms. The van der Waals surface area contributed by atoms with Crippen LogP contribution >= 0.6 is 0 Å². The van der Waals surface area contributed by atoms with Gasteiger partial charge in [0.15, 0.2) is 0 Å². The Balaban J connectivity index is 2.83. The van der Waals surface area contributed by atoms with Gasteiger partial charge in [-0.2, -0.15) is 0 Å². The standard InChI is InChI=1S/C14H22N4O3/c1-9(2)13(15)5-6-17(4)14(19)12-7-11(18(20)21)8-16-10(12)3/h7-9,13H,5-6,15H2,1-4H3. The Kier molecular flexibility index (Phi) is 5.78. The first kappa shape index (κ1) is 17.0. The van der Waals surface area contributed by atoms with Crippen molar-refractivity contribution in [3.8, 4) is 0 Å². The van der Waals surface area contributed by atoms with E-state index in [0.29, 0.717) is 24.6 Å². The molecule has 1 atom stereocenters. The number of nitrogens with zero attached hydrogens (tertiary/aromatic N) is 3. The average molecular weight is 294 g/mol. The third-order valence-corrected chi connectivity index (χ3v) is 3.51. The number of hydrogen-bond donors (Lipinski definition) is 1. The lowest BCUT2D eigenvalue weighted by Gasteiger charge is -2.22. The second kappa shape index (κ2) is 7.12. The molecule has 7 nitrogen and oxygen atoms in total. The second-order valence-corrected chi connectivity index (χ2v) is 5.51. The van der Waals surface area contributed by atoms with Gasteiger partial charge in [-0.15, -0.1) is 0 Å². The molecule has 1 rings (SSSR count). The Morgan fingerprint density at radius 1 is 1.52 bits per heavy atom. The first-order chi connectivity index (χ1) is 9.73. The fourth-order valence-electron chi connectivity index (χ4n) is 1.82. The van der Waals surface area contributed by atoms with Gasteiger partial charge in [0.1, 0.15) is 6.20 Å². The lowest BCUT2D eigenvalue weighted by Crippen LogP contribution is -2.35. The van der Waals surface area contributed by atoms with Crippen LogP contribution in [0.5, 0.6) is 0 Å². The predicted octanol–water partition coefficient (Wildman–Crippen LogP) is 1.74. The summed E-state index contributed by atoms with van der Waals surface area (Å²) in [5.41, 5.74) is 6.51. The van der Waals surface area contributed by atoms with E-state index in [0.717, 1.165) is 6.20 Å². The Labute approximate surface area is 124 Å². The number of carbonyl (C=O) groups is 1. The van der Waals surface area contributed by atoms with E-state index in [9.17, 15) is 14.9 Å². The maximum atomic E-state index is 12.3. The molecule has 0 radical (unpaired) electrons. The minimum absolute atomic E-state index is 0.0181. The fraction of sp³-hybridized carbons (Fsp3) is 0.571. The molecule has 0 spiro atoms. The maximum absolute atomic E-state index is 12.3. The summed E-state index contributed by atoms with van der Waals surface area (Å²) in [5, 5.41) is 10.8. The molecule has 0 saturated carbocycles. The number of carbonyl (C=O) groups excluding carboxylic acids is 1. The third-order valence-electron chi connectivity index (χ3n) is 3.51. The van der Waals surface area contributed by atoms with Crippen LogP contribution in [-0.2, 0) is 0 Å². The van der Waals surface area contributed by atoms with Gasteiger partial charge in [-0.1, -0.05) is 13.8 Å². The zero-order chi connectivity index (χ0) is 16.2. The van der Waals surface area contributed by atoms with Crippen molar-refractivity contribution in [2.75, 3.05) is 13.6 Å². The van der Waals surface area contributed by atoms with Crippen LogP contribution in [0.3, 0.4) is 0 Å². The number of hydrogen-bond acceptors (Lipinski definition) is 5. The van der Waals surface area contributed by atoms with E-state index in [4.69, 9.17) is 5.73 Å². The second-order valence-electron chi connectivity index (χ2n) is 5.51. The van der Waals surface area contributed by atoms with E-state index in [1.165, 1.54) is 11.0 Å². The minimum atomic E-state index is -0.558. The highest BCUT2D eigenvalue weighted by molar-refractivity contribution is 5.95. The number of nitrogens with two attached hydrogens (primary N) is 1. The quantitative estimate of drug-likeness (QED) is 0.636. The molecule has 0 aromatic carbocycles. The summed E-state index contributed by atoms with van der Waals surface area (Å²) in [4.78, 5) is 28.0. The van der Waals surface area contributed by atoms with Crippen molar-refractivity contribution in [1.29, 1.82) is 0 Å². The van der Waals surface area contributed by atoms with Crippen LogP contribution in [0.25, 0.3) is 0 Å². The Morgan fingerprint density at radius 3 is 2.67 bits per heavy atom. The molecule has 1 heterocycles. The first-order valence-electron chi connectivity index (χ1n) is 6.86. The van der Waals surface area contributed by atoms with Gasteiger partial charge in [-0.05, 0) is 19.3 Å². The molecule has 1 aromatic heterocycles. The average Bonchev–Trinajstić information content (AvgIpc) is 2.43. The lowest BCUT2D eigenvalue weighted by molar-refractivity contribution is -0.385. The third kappa shape index (κ3) is 4.49. The zero-order valence-electron chi connectivity index (χ0n) is 12.9. The van der Waals surface area contributed by atoms with Crippen molar-refractivity contribution in [2.45, 2.75) is 33.2 Å². The summed E-state index contributed by atoms with van der Waals surface area (Å²) in [6, 6.07) is 1.29. The molecule has 0 aliphatic carbocycles. The molecule has 116 valence electrons. The van der Waals surface area contributed by atoms with Crippen molar-refractivity contribution in [1.82, 2.24) is 9.88 Å². The van der Waals surface area contributed by atoms with Gasteiger partial charge in [-0.3, -0.25) is 19.9 Å². The van der Waals surface area contributed by atoms with Crippen LogP contribution < -0.4 is 5.73 Å². The van der Waals surface area contributed by atoms with Crippen LogP contribution in [0.1, 0.15) is 36.3 Å². The van der Waals surface area contributed by atoms with Crippen molar-refractivity contribution >= 4 is 11.6 Å². The topological polar surface area (TPSA) is 102 Å². The van der Waals surface area contributed by atoms with Crippen molar-refractivity contribution in [3.63, 3.8) is 0 Å². The molecule has 21 heavy (non-hydrogen) atoms. The van der Waals surface area contributed by atoms with Gasteiger partial charge < -0.3 is 10.6 Å². The number of rotatable bonds is 6. The monoisotopic (exact) mass is 294 g/mol. The predicted molar refractivity (Wildman–Crippen MR) is 80.0 cm³/mol. The molecule has 2 N–H and O–H groups in total. The first-order valence-corrected chi connectivity index (χ1v) is 6.86. The summed E-state index contributed by atoms with van der Waals surface area (Å²) in [6.07, 6.45) is 1.84. The SMILES string of the molecule is Cc1ncc([N+](=O)[O-])cc1C(=O)N(C)CCC(N)C(C)C. The Morgan fingerprint density at radius 2 is 2.14 bits per heavy atom. The highest BCUT2D eigenvalue weighted by Gasteiger charge is 2.19. The smallest absolute Gasteiger partial charge is 0.288 e. The van der Waals surface area contributed by atoms with Gasteiger partial charge in [-0.25, -0.2) is 0 Å². The molecule has 1 unspecified atom stereocenters. The van der Waals surface area contributed by atoms with Crippen LogP contribution in [0.15, 0.2) is 12.3 Å². The van der Waals surface area contributed by atoms with E-state index < -0.39 is 4.92 Å². The van der Waals surface area contributed by atoms with Gasteiger partial charge in [0.25, 0.3) is 11.6 Å². The largest absolute Gasteiger partial charge is 0.342 e. The Bertz CT molecular complexity index is 531. The maximum Gasteiger partial charge on any atom is 0.288 e. The van der Waals surface area contributed by atoms with Crippen molar-refractivity contribution < 1.29 is 9.72 Å². The normalized spacial score (nSPS) is 12.3. The van der Waals surface area contributed by atoms with Gasteiger partial charge in [0.05, 0.1) is 16.2 Å². The van der Waals surface area contributed by atoms with Crippen LogP contribution in [-0.4, -0.2) is 40.3 Å². The van der Waals surface area contributed by atoms with E-state index in [1.54, 1.807) is 14.0 Å². The fourth-order valence-corrected chi connectivity index (χ4v) is 1.82. The molecule has 0 aliphatic rings. The minimum Gasteiger partial charge on any atom is -0.342 e. The summed E-state index contributed by atoms with van der Waals surface area (Å²) in [6.45, 7) is 6.22. The van der Waals surface area contributed by atoms with Crippen LogP contribution in [0.4, 0.5) is 5.69 Å². The van der Waals surface area contributed by atoms with Crippen molar-refractivity contribution in [3.05, 3.63) is 33.6 Å². The van der Waals surface area contributed by atoms with Gasteiger partial charge in [0, 0.05) is 25.7 Å². The highest BCUT2D eigenvalue weighted by Crippen LogP contribution is 2.16. The summed E-state index contributed by atoms with van der Waals surface area (Å²) >= 11 is 0. The molecule has 0 fully saturated rings. The van der Waals surface area contributed by atoms with Gasteiger partial charge >= 0.3 is 0 Å². The molecular weight excluding hydrogens is 272 g/mol. The summed E-state index contributed by atoms with van der Waals surface area (Å²) in [5.74, 6) is 0.0642. The number of aromatic nitrogens is 1. The van der Waals surface area contributed by atoms with Crippen molar-refractivity contribution in [2.24, 2.45) is 11.7 Å². The highest BCUT2D eigenvalue weighted by atomic mass is 16.6. The molecule has 0 bridgehead atoms. The van der Waals surface area contributed by atoms with Crippen LogP contribution in [0, 0.1) is 23.0 Å². The summed E-state index contributed by atoms with van der Waals surface area (Å²) < 4.78 is 0. The number of nitro groups is 1. The Hall–Kier alpha value is -2.02. The lowest BCUT2D eigenvalue weighted by atomic mass is 10.0. The summed E-state index contributed by atoms with van der Waals surface area (Å²) in [7, 11) is 1.66.